The zero-order valence-electron chi connectivity index (χ0n) is 10.3. The Morgan fingerprint density at radius 3 is 3.05 bits per heavy atom. The van der Waals surface area contributed by atoms with Crippen molar-refractivity contribution in [1.29, 1.82) is 0 Å². The fraction of sp³-hybridized carbons (Fsp3) is 0.333. The van der Waals surface area contributed by atoms with Gasteiger partial charge in [0.05, 0.1) is 6.04 Å². The lowest BCUT2D eigenvalue weighted by Gasteiger charge is -2.03. The number of thioether (sulfide) groups is 1. The number of rotatable bonds is 5. The second-order valence-corrected chi connectivity index (χ2v) is 5.81. The van der Waals surface area contributed by atoms with Gasteiger partial charge in [-0.2, -0.15) is 16.7 Å². The van der Waals surface area contributed by atoms with Crippen LogP contribution in [0.5, 0.6) is 0 Å². The molecule has 2 aromatic rings. The standard InChI is InChI=1S/C12H13BrFN3OS/c1-19-5-4-10(15)12-16-11(17-18-12)8-6-7(14)2-3-9(8)13/h2-3,6,10H,4-5,15H2,1H3/t10-/m0/s1. The highest BCUT2D eigenvalue weighted by atomic mass is 79.9. The van der Waals surface area contributed by atoms with Crippen LogP contribution in [-0.4, -0.2) is 22.1 Å². The summed E-state index contributed by atoms with van der Waals surface area (Å²) in [7, 11) is 0. The number of nitrogens with two attached hydrogens (primary N) is 1. The van der Waals surface area contributed by atoms with Crippen LogP contribution >= 0.6 is 27.7 Å². The van der Waals surface area contributed by atoms with E-state index in [9.17, 15) is 4.39 Å². The minimum absolute atomic E-state index is 0.291. The summed E-state index contributed by atoms with van der Waals surface area (Å²) in [5.74, 6) is 1.28. The van der Waals surface area contributed by atoms with Crippen molar-refractivity contribution in [1.82, 2.24) is 10.1 Å². The summed E-state index contributed by atoms with van der Waals surface area (Å²) in [5.41, 5.74) is 6.49. The van der Waals surface area contributed by atoms with E-state index in [1.165, 1.54) is 12.1 Å². The molecule has 0 radical (unpaired) electrons. The third-order valence-electron chi connectivity index (χ3n) is 2.56. The van der Waals surface area contributed by atoms with Crippen molar-refractivity contribution >= 4 is 27.7 Å². The van der Waals surface area contributed by atoms with E-state index in [1.807, 2.05) is 6.26 Å². The maximum atomic E-state index is 13.2. The molecular weight excluding hydrogens is 333 g/mol. The molecule has 0 unspecified atom stereocenters. The first-order valence-electron chi connectivity index (χ1n) is 5.65. The minimum atomic E-state index is -0.351. The van der Waals surface area contributed by atoms with Gasteiger partial charge in [0, 0.05) is 10.0 Å². The Morgan fingerprint density at radius 2 is 2.32 bits per heavy atom. The van der Waals surface area contributed by atoms with Crippen LogP contribution in [0.25, 0.3) is 11.4 Å². The van der Waals surface area contributed by atoms with Crippen molar-refractivity contribution in [3.8, 4) is 11.4 Å². The number of nitrogens with zero attached hydrogens (tertiary/aromatic N) is 2. The molecule has 0 aliphatic heterocycles. The van der Waals surface area contributed by atoms with E-state index in [4.69, 9.17) is 10.3 Å². The highest BCUT2D eigenvalue weighted by Crippen LogP contribution is 2.27. The van der Waals surface area contributed by atoms with E-state index in [2.05, 4.69) is 26.1 Å². The summed E-state index contributed by atoms with van der Waals surface area (Å²) in [5, 5.41) is 3.85. The van der Waals surface area contributed by atoms with Gasteiger partial charge in [-0.05, 0) is 36.6 Å². The molecular formula is C12H13BrFN3OS. The van der Waals surface area contributed by atoms with Gasteiger partial charge < -0.3 is 10.3 Å². The second kappa shape index (κ2) is 6.49. The lowest BCUT2D eigenvalue weighted by molar-refractivity contribution is 0.353. The molecule has 1 heterocycles. The Labute approximate surface area is 123 Å². The zero-order valence-corrected chi connectivity index (χ0v) is 12.7. The second-order valence-electron chi connectivity index (χ2n) is 3.97. The number of hydrogen-bond donors (Lipinski definition) is 1. The molecule has 2 rings (SSSR count). The van der Waals surface area contributed by atoms with Crippen LogP contribution < -0.4 is 5.73 Å². The summed E-state index contributed by atoms with van der Waals surface area (Å²) in [4.78, 5) is 4.23. The average molecular weight is 346 g/mol. The lowest BCUT2D eigenvalue weighted by Crippen LogP contribution is -2.11. The van der Waals surface area contributed by atoms with Crippen molar-refractivity contribution in [3.63, 3.8) is 0 Å². The molecule has 0 aliphatic carbocycles. The normalized spacial score (nSPS) is 12.6. The third kappa shape index (κ3) is 3.55. The first-order valence-corrected chi connectivity index (χ1v) is 7.84. The highest BCUT2D eigenvalue weighted by Gasteiger charge is 2.17. The van der Waals surface area contributed by atoms with E-state index in [-0.39, 0.29) is 11.9 Å². The predicted octanol–water partition coefficient (Wildman–Crippen LogP) is 3.39. The smallest absolute Gasteiger partial charge is 0.243 e. The van der Waals surface area contributed by atoms with Gasteiger partial charge in [-0.3, -0.25) is 0 Å². The zero-order chi connectivity index (χ0) is 13.8. The van der Waals surface area contributed by atoms with Gasteiger partial charge in [-0.15, -0.1) is 0 Å². The molecule has 0 bridgehead atoms. The molecule has 0 aliphatic rings. The van der Waals surface area contributed by atoms with Gasteiger partial charge in [-0.1, -0.05) is 21.1 Å². The Bertz CT molecular complexity index is 564. The van der Waals surface area contributed by atoms with E-state index < -0.39 is 0 Å². The third-order valence-corrected chi connectivity index (χ3v) is 3.90. The van der Waals surface area contributed by atoms with Crippen molar-refractivity contribution in [3.05, 3.63) is 34.4 Å². The fourth-order valence-electron chi connectivity index (χ4n) is 1.53. The molecule has 1 aromatic carbocycles. The Kier molecular flexibility index (Phi) is 4.95. The Balaban J connectivity index is 2.23. The monoisotopic (exact) mass is 345 g/mol. The molecule has 0 saturated carbocycles. The summed E-state index contributed by atoms with van der Waals surface area (Å²) in [6, 6.07) is 4.03. The molecule has 1 aromatic heterocycles. The molecule has 4 nitrogen and oxygen atoms in total. The molecule has 0 amide bonds. The quantitative estimate of drug-likeness (QED) is 0.899. The summed E-state index contributed by atoms with van der Waals surface area (Å²) in [6.45, 7) is 0. The predicted molar refractivity (Wildman–Crippen MR) is 77.3 cm³/mol. The van der Waals surface area contributed by atoms with Crippen LogP contribution in [0.4, 0.5) is 4.39 Å². The molecule has 1 atom stereocenters. The molecule has 7 heteroatoms. The van der Waals surface area contributed by atoms with Gasteiger partial charge >= 0.3 is 0 Å². The first kappa shape index (κ1) is 14.5. The molecule has 0 fully saturated rings. The molecule has 0 spiro atoms. The van der Waals surface area contributed by atoms with Crippen molar-refractivity contribution in [2.45, 2.75) is 12.5 Å². The molecule has 2 N–H and O–H groups in total. The van der Waals surface area contributed by atoms with Gasteiger partial charge in [0.15, 0.2) is 0 Å². The number of halogens is 2. The van der Waals surface area contributed by atoms with Gasteiger partial charge in [-0.25, -0.2) is 4.39 Å². The number of hydrogen-bond acceptors (Lipinski definition) is 5. The van der Waals surface area contributed by atoms with Crippen LogP contribution in [0.3, 0.4) is 0 Å². The largest absolute Gasteiger partial charge is 0.337 e. The topological polar surface area (TPSA) is 64.9 Å². The lowest BCUT2D eigenvalue weighted by atomic mass is 10.2. The Hall–Kier alpha value is -0.920. The van der Waals surface area contributed by atoms with Gasteiger partial charge in [0.2, 0.25) is 11.7 Å². The van der Waals surface area contributed by atoms with Crippen molar-refractivity contribution in [2.24, 2.45) is 5.73 Å². The molecule has 102 valence electrons. The summed E-state index contributed by atoms with van der Waals surface area (Å²) >= 11 is 5.04. The summed E-state index contributed by atoms with van der Waals surface area (Å²) in [6.07, 6.45) is 2.77. The van der Waals surface area contributed by atoms with Gasteiger partial charge in [0.25, 0.3) is 0 Å². The summed E-state index contributed by atoms with van der Waals surface area (Å²) < 4.78 is 19.1. The van der Waals surface area contributed by atoms with E-state index in [1.54, 1.807) is 17.8 Å². The SMILES string of the molecule is CSCC[C@H](N)c1nc(-c2cc(F)ccc2Br)no1. The van der Waals surface area contributed by atoms with Gasteiger partial charge in [0.1, 0.15) is 5.82 Å². The van der Waals surface area contributed by atoms with E-state index >= 15 is 0 Å². The molecule has 19 heavy (non-hydrogen) atoms. The van der Waals surface area contributed by atoms with Crippen LogP contribution in [0.15, 0.2) is 27.2 Å². The van der Waals surface area contributed by atoms with Crippen molar-refractivity contribution in [2.75, 3.05) is 12.0 Å². The van der Waals surface area contributed by atoms with Crippen LogP contribution in [-0.2, 0) is 0 Å². The Morgan fingerprint density at radius 1 is 1.53 bits per heavy atom. The maximum absolute atomic E-state index is 13.2. The average Bonchev–Trinajstić information content (AvgIpc) is 2.88. The van der Waals surface area contributed by atoms with E-state index in [0.717, 1.165) is 12.2 Å². The van der Waals surface area contributed by atoms with Crippen LogP contribution in [0.2, 0.25) is 0 Å². The van der Waals surface area contributed by atoms with E-state index in [0.29, 0.717) is 21.8 Å². The highest BCUT2D eigenvalue weighted by molar-refractivity contribution is 9.10. The van der Waals surface area contributed by atoms with Crippen molar-refractivity contribution < 1.29 is 8.91 Å². The maximum Gasteiger partial charge on any atom is 0.243 e. The number of aromatic nitrogens is 2. The van der Waals surface area contributed by atoms with Crippen LogP contribution in [0.1, 0.15) is 18.4 Å². The minimum Gasteiger partial charge on any atom is -0.337 e. The first-order chi connectivity index (χ1) is 9.11. The fourth-order valence-corrected chi connectivity index (χ4v) is 2.45. The van der Waals surface area contributed by atoms with Crippen LogP contribution in [0, 0.1) is 5.82 Å². The molecule has 0 saturated heterocycles. The number of benzene rings is 1.